The molecule has 7 nitrogen and oxygen atoms in total. The zero-order chi connectivity index (χ0) is 38.2. The van der Waals surface area contributed by atoms with Crippen molar-refractivity contribution in [2.45, 2.75) is 186 Å². The number of ether oxygens (including phenoxy) is 2. The topological polar surface area (TPSA) is 113 Å². The van der Waals surface area contributed by atoms with Crippen LogP contribution in [0.3, 0.4) is 0 Å². The van der Waals surface area contributed by atoms with Crippen molar-refractivity contribution in [1.29, 1.82) is 0 Å². The highest BCUT2D eigenvalue weighted by molar-refractivity contribution is 5.69. The second-order valence-corrected chi connectivity index (χ2v) is 13.8. The summed E-state index contributed by atoms with van der Waals surface area (Å²) in [4.78, 5) is 24.0. The molecule has 0 aliphatic heterocycles. The van der Waals surface area contributed by atoms with E-state index < -0.39 is 24.3 Å². The zero-order valence-corrected chi connectivity index (χ0v) is 33.0. The number of aliphatic hydroxyl groups is 3. The van der Waals surface area contributed by atoms with E-state index in [1.54, 1.807) is 24.3 Å². The SMILES string of the molecule is CC/C=C\C[C@@H](O)/C=C/C=C\C/C=C\C=C\[C@@H](O)/C=C\CCCC(=O)OC[C@@H](O)COC(=O)CCCCCCCCCCCCCCCCCCC. The molecule has 0 aromatic rings. The van der Waals surface area contributed by atoms with Crippen molar-refractivity contribution in [3.63, 3.8) is 0 Å². The van der Waals surface area contributed by atoms with Crippen molar-refractivity contribution in [2.24, 2.45) is 0 Å². The van der Waals surface area contributed by atoms with E-state index in [2.05, 4.69) is 13.8 Å². The third kappa shape index (κ3) is 38.5. The molecule has 0 radical (unpaired) electrons. The molecule has 0 rings (SSSR count). The lowest BCUT2D eigenvalue weighted by atomic mass is 10.0. The van der Waals surface area contributed by atoms with Crippen molar-refractivity contribution in [1.82, 2.24) is 0 Å². The first-order valence-corrected chi connectivity index (χ1v) is 20.7. The largest absolute Gasteiger partial charge is 0.463 e. The Morgan fingerprint density at radius 1 is 0.519 bits per heavy atom. The summed E-state index contributed by atoms with van der Waals surface area (Å²) in [5.74, 6) is -0.742. The van der Waals surface area contributed by atoms with Crippen LogP contribution in [0.1, 0.15) is 168 Å². The molecule has 0 fully saturated rings. The number of aliphatic hydroxyl groups excluding tert-OH is 3. The smallest absolute Gasteiger partial charge is 0.305 e. The summed E-state index contributed by atoms with van der Waals surface area (Å²) in [6.45, 7) is 3.95. The normalized spacial score (nSPS) is 14.2. The standard InChI is InChI=1S/C45H76O7/c1-3-5-7-8-9-10-11-12-13-14-15-16-17-18-22-25-31-37-44(49)51-39-43(48)40-52-45(50)38-32-26-30-36-42(47)35-29-24-21-19-20-23-28-34-41(46)33-27-6-4-2/h6,20-21,23-24,27-30,34-36,41-43,46-48H,3-5,7-19,22,25-26,31-33,37-40H2,1-2H3/b23-20-,24-21-,27-6-,34-28+,35-29+,36-30-/t41-,42-,43+/m1/s1. The molecule has 298 valence electrons. The summed E-state index contributed by atoms with van der Waals surface area (Å²) in [5, 5.41) is 29.9. The van der Waals surface area contributed by atoms with E-state index in [-0.39, 0.29) is 25.6 Å². The van der Waals surface area contributed by atoms with Gasteiger partial charge in [-0.3, -0.25) is 9.59 Å². The average Bonchev–Trinajstić information content (AvgIpc) is 3.13. The lowest BCUT2D eigenvalue weighted by Gasteiger charge is -2.12. The van der Waals surface area contributed by atoms with Crippen molar-refractivity contribution >= 4 is 11.9 Å². The van der Waals surface area contributed by atoms with E-state index in [4.69, 9.17) is 9.47 Å². The van der Waals surface area contributed by atoms with E-state index in [0.29, 0.717) is 25.7 Å². The second kappa shape index (κ2) is 39.5. The van der Waals surface area contributed by atoms with Crippen LogP contribution in [-0.4, -0.2) is 58.8 Å². The number of hydrogen-bond acceptors (Lipinski definition) is 7. The van der Waals surface area contributed by atoms with Crippen LogP contribution in [0, 0.1) is 0 Å². The van der Waals surface area contributed by atoms with Crippen molar-refractivity contribution in [2.75, 3.05) is 13.2 Å². The van der Waals surface area contributed by atoms with Gasteiger partial charge in [0.15, 0.2) is 0 Å². The number of esters is 2. The Bertz CT molecular complexity index is 994. The van der Waals surface area contributed by atoms with Crippen LogP contribution < -0.4 is 0 Å². The van der Waals surface area contributed by atoms with Crippen LogP contribution in [0.15, 0.2) is 72.9 Å². The van der Waals surface area contributed by atoms with Gasteiger partial charge < -0.3 is 24.8 Å². The molecule has 0 unspecified atom stereocenters. The van der Waals surface area contributed by atoms with Gasteiger partial charge in [0.25, 0.3) is 0 Å². The molecule has 0 saturated heterocycles. The summed E-state index contributed by atoms with van der Waals surface area (Å²) in [7, 11) is 0. The first kappa shape index (κ1) is 49.3. The van der Waals surface area contributed by atoms with Crippen molar-refractivity contribution < 1.29 is 34.4 Å². The van der Waals surface area contributed by atoms with Crippen LogP contribution >= 0.6 is 0 Å². The Hall–Kier alpha value is -2.74. The van der Waals surface area contributed by atoms with Crippen molar-refractivity contribution in [3.8, 4) is 0 Å². The zero-order valence-electron chi connectivity index (χ0n) is 33.0. The minimum Gasteiger partial charge on any atom is -0.463 e. The van der Waals surface area contributed by atoms with Crippen LogP contribution in [0.5, 0.6) is 0 Å². The van der Waals surface area contributed by atoms with Gasteiger partial charge in [0.1, 0.15) is 19.3 Å². The molecule has 0 aromatic carbocycles. The maximum Gasteiger partial charge on any atom is 0.305 e. The highest BCUT2D eigenvalue weighted by Gasteiger charge is 2.12. The second-order valence-electron chi connectivity index (χ2n) is 13.8. The summed E-state index contributed by atoms with van der Waals surface area (Å²) >= 11 is 0. The fourth-order valence-electron chi connectivity index (χ4n) is 5.47. The number of hydrogen-bond donors (Lipinski definition) is 3. The van der Waals surface area contributed by atoms with Crippen LogP contribution in [0.2, 0.25) is 0 Å². The van der Waals surface area contributed by atoms with Gasteiger partial charge in [-0.1, -0.05) is 189 Å². The lowest BCUT2D eigenvalue weighted by molar-refractivity contribution is -0.152. The van der Waals surface area contributed by atoms with Gasteiger partial charge in [0, 0.05) is 12.8 Å². The molecule has 0 aliphatic carbocycles. The maximum absolute atomic E-state index is 12.0. The number of carbonyl (C=O) groups excluding carboxylic acids is 2. The third-order valence-corrected chi connectivity index (χ3v) is 8.63. The number of rotatable bonds is 36. The van der Waals surface area contributed by atoms with E-state index in [1.807, 2.05) is 48.6 Å². The highest BCUT2D eigenvalue weighted by Crippen LogP contribution is 2.14. The van der Waals surface area contributed by atoms with E-state index in [9.17, 15) is 24.9 Å². The van der Waals surface area contributed by atoms with Gasteiger partial charge in [0.2, 0.25) is 0 Å². The van der Waals surface area contributed by atoms with Crippen molar-refractivity contribution in [3.05, 3.63) is 72.9 Å². The predicted molar refractivity (Wildman–Crippen MR) is 217 cm³/mol. The average molecular weight is 729 g/mol. The van der Waals surface area contributed by atoms with Crippen LogP contribution in [-0.2, 0) is 19.1 Å². The maximum atomic E-state index is 12.0. The van der Waals surface area contributed by atoms with E-state index >= 15 is 0 Å². The Morgan fingerprint density at radius 2 is 1.00 bits per heavy atom. The molecular weight excluding hydrogens is 652 g/mol. The van der Waals surface area contributed by atoms with Crippen LogP contribution in [0.25, 0.3) is 0 Å². The molecular formula is C45H76O7. The molecule has 3 atom stereocenters. The minimum atomic E-state index is -1.04. The number of unbranched alkanes of at least 4 members (excludes halogenated alkanes) is 17. The first-order valence-electron chi connectivity index (χ1n) is 20.7. The lowest BCUT2D eigenvalue weighted by Crippen LogP contribution is -2.25. The Kier molecular flexibility index (Phi) is 37.4. The Labute approximate surface area is 318 Å². The fourth-order valence-corrected chi connectivity index (χ4v) is 5.47. The quantitative estimate of drug-likeness (QED) is 0.0255. The number of carbonyl (C=O) groups is 2. The molecule has 0 spiro atoms. The molecule has 0 saturated carbocycles. The predicted octanol–water partition coefficient (Wildman–Crippen LogP) is 10.9. The monoisotopic (exact) mass is 729 g/mol. The summed E-state index contributed by atoms with van der Waals surface area (Å²) < 4.78 is 10.2. The minimum absolute atomic E-state index is 0.176. The number of allylic oxidation sites excluding steroid dienone is 8. The van der Waals surface area contributed by atoms with Gasteiger partial charge in [0.05, 0.1) is 12.2 Å². The molecule has 0 aromatic heterocycles. The molecule has 0 amide bonds. The van der Waals surface area contributed by atoms with Gasteiger partial charge in [-0.15, -0.1) is 0 Å². The molecule has 52 heavy (non-hydrogen) atoms. The Morgan fingerprint density at radius 3 is 1.52 bits per heavy atom. The fraction of sp³-hybridized carbons (Fsp3) is 0.689. The third-order valence-electron chi connectivity index (χ3n) is 8.63. The first-order chi connectivity index (χ1) is 25.4. The molecule has 0 heterocycles. The van der Waals surface area contributed by atoms with Gasteiger partial charge >= 0.3 is 11.9 Å². The molecule has 0 aliphatic rings. The van der Waals surface area contributed by atoms with Gasteiger partial charge in [-0.2, -0.15) is 0 Å². The van der Waals surface area contributed by atoms with Gasteiger partial charge in [-0.05, 0) is 38.5 Å². The Balaban J connectivity index is 3.69. The van der Waals surface area contributed by atoms with E-state index in [0.717, 1.165) is 32.1 Å². The summed E-state index contributed by atoms with van der Waals surface area (Å²) in [6.07, 6.45) is 46.1. The highest BCUT2D eigenvalue weighted by atomic mass is 16.6. The molecule has 3 N–H and O–H groups in total. The molecule has 7 heteroatoms. The summed E-state index contributed by atoms with van der Waals surface area (Å²) in [6, 6.07) is 0. The molecule has 0 bridgehead atoms. The van der Waals surface area contributed by atoms with Gasteiger partial charge in [-0.25, -0.2) is 0 Å². The summed E-state index contributed by atoms with van der Waals surface area (Å²) in [5.41, 5.74) is 0. The van der Waals surface area contributed by atoms with Crippen LogP contribution in [0.4, 0.5) is 0 Å². The van der Waals surface area contributed by atoms with E-state index in [1.165, 1.54) is 89.9 Å².